The summed E-state index contributed by atoms with van der Waals surface area (Å²) in [5.74, 6) is -0.269. The molecule has 0 spiro atoms. The van der Waals surface area contributed by atoms with Gasteiger partial charge in [0.2, 0.25) is 0 Å². The molecular formula is C12H18FNO2. The smallest absolute Gasteiger partial charge is 0.123 e. The average Bonchev–Trinajstić information content (AvgIpc) is 2.25. The molecule has 0 amide bonds. The third-order valence-corrected chi connectivity index (χ3v) is 2.01. The molecule has 0 aromatic heterocycles. The van der Waals surface area contributed by atoms with Crippen LogP contribution < -0.4 is 5.32 Å². The Hall–Kier alpha value is -1.13. The molecule has 0 radical (unpaired) electrons. The number of rotatable bonds is 6. The van der Waals surface area contributed by atoms with Crippen LogP contribution in [-0.2, 0) is 4.74 Å². The van der Waals surface area contributed by atoms with Gasteiger partial charge in [-0.1, -0.05) is 0 Å². The largest absolute Gasteiger partial charge is 0.389 e. The molecule has 1 unspecified atom stereocenters. The van der Waals surface area contributed by atoms with Gasteiger partial charge < -0.3 is 15.2 Å². The first kappa shape index (κ1) is 12.9. The summed E-state index contributed by atoms with van der Waals surface area (Å²) in [6, 6.07) is 6.01. The minimum atomic E-state index is -0.563. The zero-order valence-corrected chi connectivity index (χ0v) is 9.61. The lowest BCUT2D eigenvalue weighted by Crippen LogP contribution is -2.26. The summed E-state index contributed by atoms with van der Waals surface area (Å²) in [4.78, 5) is 0. The number of anilines is 1. The van der Waals surface area contributed by atoms with Gasteiger partial charge >= 0.3 is 0 Å². The van der Waals surface area contributed by atoms with E-state index in [0.717, 1.165) is 5.69 Å². The third kappa shape index (κ3) is 5.09. The van der Waals surface area contributed by atoms with E-state index in [4.69, 9.17) is 4.74 Å². The van der Waals surface area contributed by atoms with Gasteiger partial charge in [0.05, 0.1) is 18.8 Å². The monoisotopic (exact) mass is 227 g/mol. The summed E-state index contributed by atoms with van der Waals surface area (Å²) in [6.07, 6.45) is -0.451. The minimum absolute atomic E-state index is 0.112. The van der Waals surface area contributed by atoms with E-state index < -0.39 is 6.10 Å². The van der Waals surface area contributed by atoms with E-state index in [0.29, 0.717) is 13.2 Å². The van der Waals surface area contributed by atoms with Crippen molar-refractivity contribution in [3.05, 3.63) is 30.1 Å². The molecule has 4 heteroatoms. The predicted molar refractivity (Wildman–Crippen MR) is 62.0 cm³/mol. The van der Waals surface area contributed by atoms with Crippen molar-refractivity contribution >= 4 is 5.69 Å². The second-order valence-electron chi connectivity index (χ2n) is 3.92. The Morgan fingerprint density at radius 2 is 1.94 bits per heavy atom. The summed E-state index contributed by atoms with van der Waals surface area (Å²) in [6.45, 7) is 4.52. The molecule has 2 N–H and O–H groups in total. The van der Waals surface area contributed by atoms with Crippen LogP contribution in [0.5, 0.6) is 0 Å². The van der Waals surface area contributed by atoms with Gasteiger partial charge in [-0.05, 0) is 38.1 Å². The topological polar surface area (TPSA) is 41.5 Å². The molecule has 90 valence electrons. The summed E-state index contributed by atoms with van der Waals surface area (Å²) in [5.41, 5.74) is 0.782. The molecule has 1 atom stereocenters. The van der Waals surface area contributed by atoms with Crippen LogP contribution in [0.2, 0.25) is 0 Å². The fourth-order valence-corrected chi connectivity index (χ4v) is 1.17. The van der Waals surface area contributed by atoms with Crippen molar-refractivity contribution in [1.29, 1.82) is 0 Å². The van der Waals surface area contributed by atoms with Gasteiger partial charge in [-0.3, -0.25) is 0 Å². The summed E-state index contributed by atoms with van der Waals surface area (Å²) < 4.78 is 17.9. The lowest BCUT2D eigenvalue weighted by atomic mass is 10.3. The van der Waals surface area contributed by atoms with Crippen LogP contribution >= 0.6 is 0 Å². The maximum atomic E-state index is 12.6. The van der Waals surface area contributed by atoms with Gasteiger partial charge in [-0.25, -0.2) is 4.39 Å². The quantitative estimate of drug-likeness (QED) is 0.781. The van der Waals surface area contributed by atoms with E-state index >= 15 is 0 Å². The SMILES string of the molecule is CC(C)OCC(O)CNc1ccc(F)cc1. The van der Waals surface area contributed by atoms with Gasteiger partial charge in [0.25, 0.3) is 0 Å². The van der Waals surface area contributed by atoms with Crippen molar-refractivity contribution in [2.24, 2.45) is 0 Å². The lowest BCUT2D eigenvalue weighted by molar-refractivity contribution is 0.0112. The number of aliphatic hydroxyl groups is 1. The van der Waals surface area contributed by atoms with Crippen molar-refractivity contribution < 1.29 is 14.2 Å². The number of aliphatic hydroxyl groups excluding tert-OH is 1. The number of hydrogen-bond donors (Lipinski definition) is 2. The molecule has 1 aromatic carbocycles. The van der Waals surface area contributed by atoms with E-state index in [2.05, 4.69) is 5.32 Å². The molecule has 0 aliphatic carbocycles. The molecule has 0 aliphatic heterocycles. The minimum Gasteiger partial charge on any atom is -0.389 e. The highest BCUT2D eigenvalue weighted by Gasteiger charge is 2.05. The Bertz CT molecular complexity index is 300. The van der Waals surface area contributed by atoms with Crippen LogP contribution in [0.25, 0.3) is 0 Å². The van der Waals surface area contributed by atoms with Crippen LogP contribution in [-0.4, -0.2) is 30.5 Å². The maximum absolute atomic E-state index is 12.6. The highest BCUT2D eigenvalue weighted by molar-refractivity contribution is 5.42. The lowest BCUT2D eigenvalue weighted by Gasteiger charge is -2.14. The number of ether oxygens (including phenoxy) is 1. The van der Waals surface area contributed by atoms with Crippen LogP contribution in [0.4, 0.5) is 10.1 Å². The van der Waals surface area contributed by atoms with Crippen LogP contribution in [0, 0.1) is 5.82 Å². The maximum Gasteiger partial charge on any atom is 0.123 e. The van der Waals surface area contributed by atoms with Crippen LogP contribution in [0.3, 0.4) is 0 Å². The average molecular weight is 227 g/mol. The van der Waals surface area contributed by atoms with Crippen LogP contribution in [0.15, 0.2) is 24.3 Å². The number of benzene rings is 1. The first-order chi connectivity index (χ1) is 7.58. The molecule has 0 saturated carbocycles. The Kier molecular flexibility index (Phi) is 5.22. The Morgan fingerprint density at radius 3 is 2.50 bits per heavy atom. The molecule has 0 fully saturated rings. The molecule has 0 saturated heterocycles. The van der Waals surface area contributed by atoms with Gasteiger partial charge in [0, 0.05) is 12.2 Å². The molecule has 3 nitrogen and oxygen atoms in total. The highest BCUT2D eigenvalue weighted by Crippen LogP contribution is 2.08. The molecular weight excluding hydrogens is 209 g/mol. The number of halogens is 1. The van der Waals surface area contributed by atoms with E-state index in [1.165, 1.54) is 12.1 Å². The highest BCUT2D eigenvalue weighted by atomic mass is 19.1. The van der Waals surface area contributed by atoms with E-state index in [-0.39, 0.29) is 11.9 Å². The van der Waals surface area contributed by atoms with Crippen molar-refractivity contribution in [3.63, 3.8) is 0 Å². The Labute approximate surface area is 95.2 Å². The van der Waals surface area contributed by atoms with Crippen molar-refractivity contribution in [1.82, 2.24) is 0 Å². The predicted octanol–water partition coefficient (Wildman–Crippen LogP) is 2.02. The summed E-state index contributed by atoms with van der Waals surface area (Å²) in [5, 5.41) is 12.6. The van der Waals surface area contributed by atoms with E-state index in [1.807, 2.05) is 13.8 Å². The van der Waals surface area contributed by atoms with Gasteiger partial charge in [-0.2, -0.15) is 0 Å². The third-order valence-electron chi connectivity index (χ3n) is 2.01. The first-order valence-electron chi connectivity index (χ1n) is 5.37. The number of hydrogen-bond acceptors (Lipinski definition) is 3. The van der Waals surface area contributed by atoms with Crippen molar-refractivity contribution in [3.8, 4) is 0 Å². The van der Waals surface area contributed by atoms with Gasteiger partial charge in [-0.15, -0.1) is 0 Å². The summed E-state index contributed by atoms with van der Waals surface area (Å²) >= 11 is 0. The fraction of sp³-hybridized carbons (Fsp3) is 0.500. The zero-order chi connectivity index (χ0) is 12.0. The second kappa shape index (κ2) is 6.45. The first-order valence-corrected chi connectivity index (χ1v) is 5.37. The molecule has 0 heterocycles. The van der Waals surface area contributed by atoms with Gasteiger partial charge in [0.1, 0.15) is 5.82 Å². The normalized spacial score (nSPS) is 12.8. The molecule has 16 heavy (non-hydrogen) atoms. The number of nitrogens with one attached hydrogen (secondary N) is 1. The molecule has 0 aliphatic rings. The zero-order valence-electron chi connectivity index (χ0n) is 9.61. The van der Waals surface area contributed by atoms with Crippen molar-refractivity contribution in [2.75, 3.05) is 18.5 Å². The molecule has 1 rings (SSSR count). The van der Waals surface area contributed by atoms with Crippen LogP contribution in [0.1, 0.15) is 13.8 Å². The van der Waals surface area contributed by atoms with Gasteiger partial charge in [0.15, 0.2) is 0 Å². The molecule has 1 aromatic rings. The fourth-order valence-electron chi connectivity index (χ4n) is 1.17. The Balaban J connectivity index is 2.26. The summed E-state index contributed by atoms with van der Waals surface area (Å²) in [7, 11) is 0. The molecule has 0 bridgehead atoms. The van der Waals surface area contributed by atoms with E-state index in [9.17, 15) is 9.50 Å². The standard InChI is InChI=1S/C12H18FNO2/c1-9(2)16-8-12(15)7-14-11-5-3-10(13)4-6-11/h3-6,9,12,14-15H,7-8H2,1-2H3. The Morgan fingerprint density at radius 1 is 1.31 bits per heavy atom. The van der Waals surface area contributed by atoms with Crippen molar-refractivity contribution in [2.45, 2.75) is 26.1 Å². The second-order valence-corrected chi connectivity index (χ2v) is 3.92. The van der Waals surface area contributed by atoms with E-state index in [1.54, 1.807) is 12.1 Å².